The Bertz CT molecular complexity index is 1070. The predicted molar refractivity (Wildman–Crippen MR) is 104 cm³/mol. The number of anilines is 2. The smallest absolute Gasteiger partial charge is 0.342 e. The van der Waals surface area contributed by atoms with E-state index in [4.69, 9.17) is 9.15 Å². The van der Waals surface area contributed by atoms with Gasteiger partial charge in [0.05, 0.1) is 7.11 Å². The van der Waals surface area contributed by atoms with Crippen LogP contribution in [0.25, 0.3) is 0 Å². The Morgan fingerprint density at radius 2 is 1.93 bits per heavy atom. The van der Waals surface area contributed by atoms with Gasteiger partial charge in [-0.25, -0.2) is 14.8 Å². The monoisotopic (exact) mass is 376 g/mol. The average Bonchev–Trinajstić information content (AvgIpc) is 2.99. The first-order valence-electron chi connectivity index (χ1n) is 8.71. The third-order valence-electron chi connectivity index (χ3n) is 4.37. The highest BCUT2D eigenvalue weighted by molar-refractivity contribution is 5.95. The van der Waals surface area contributed by atoms with Crippen molar-refractivity contribution in [3.8, 4) is 6.07 Å². The van der Waals surface area contributed by atoms with E-state index >= 15 is 0 Å². The van der Waals surface area contributed by atoms with Crippen molar-refractivity contribution in [3.63, 3.8) is 0 Å². The van der Waals surface area contributed by atoms with Gasteiger partial charge in [0.25, 0.3) is 0 Å². The van der Waals surface area contributed by atoms with Crippen LogP contribution in [0.4, 0.5) is 11.7 Å². The highest BCUT2D eigenvalue weighted by atomic mass is 16.5. The van der Waals surface area contributed by atoms with Gasteiger partial charge in [0.1, 0.15) is 34.6 Å². The maximum Gasteiger partial charge on any atom is 0.342 e. The van der Waals surface area contributed by atoms with Gasteiger partial charge in [-0.2, -0.15) is 5.26 Å². The maximum absolute atomic E-state index is 12.0. The van der Waals surface area contributed by atoms with E-state index < -0.39 is 5.97 Å². The Kier molecular flexibility index (Phi) is 5.41. The summed E-state index contributed by atoms with van der Waals surface area (Å²) in [5, 5.41) is 12.6. The number of carbonyl (C=O) groups excluding carboxylic acids is 1. The highest BCUT2D eigenvalue weighted by Gasteiger charge is 2.25. The lowest BCUT2D eigenvalue weighted by Crippen LogP contribution is -2.07. The van der Waals surface area contributed by atoms with Gasteiger partial charge in [-0.05, 0) is 26.3 Å². The van der Waals surface area contributed by atoms with E-state index in [1.807, 2.05) is 43.3 Å². The number of nitrogens with one attached hydrogen (secondary N) is 1. The molecule has 0 fully saturated rings. The molecule has 1 aromatic carbocycles. The van der Waals surface area contributed by atoms with Crippen molar-refractivity contribution in [2.75, 3.05) is 12.4 Å². The van der Waals surface area contributed by atoms with Crippen LogP contribution in [0.1, 0.15) is 44.3 Å². The summed E-state index contributed by atoms with van der Waals surface area (Å²) in [6.45, 7) is 5.32. The minimum Gasteiger partial charge on any atom is -0.465 e. The second kappa shape index (κ2) is 7.92. The SMILES string of the molecule is COC(=O)c1c(C)oc(Nc2nc(C)nc(C)c2Cc2ccccc2)c1C#N. The lowest BCUT2D eigenvalue weighted by molar-refractivity contribution is 0.0598. The van der Waals surface area contributed by atoms with Crippen LogP contribution in [0.15, 0.2) is 34.7 Å². The number of rotatable bonds is 5. The zero-order valence-corrected chi connectivity index (χ0v) is 16.2. The Morgan fingerprint density at radius 3 is 2.57 bits per heavy atom. The molecule has 0 spiro atoms. The summed E-state index contributed by atoms with van der Waals surface area (Å²) in [7, 11) is 1.26. The van der Waals surface area contributed by atoms with Crippen LogP contribution < -0.4 is 5.32 Å². The fourth-order valence-corrected chi connectivity index (χ4v) is 3.05. The summed E-state index contributed by atoms with van der Waals surface area (Å²) < 4.78 is 10.4. The number of ether oxygens (including phenoxy) is 1. The summed E-state index contributed by atoms with van der Waals surface area (Å²) in [5.41, 5.74) is 3.01. The van der Waals surface area contributed by atoms with Crippen molar-refractivity contribution >= 4 is 17.7 Å². The Hall–Kier alpha value is -3.66. The first kappa shape index (κ1) is 19.1. The number of methoxy groups -OCH3 is 1. The molecule has 0 aliphatic rings. The van der Waals surface area contributed by atoms with Crippen molar-refractivity contribution < 1.29 is 13.9 Å². The molecule has 1 N–H and O–H groups in total. The molecule has 2 aromatic heterocycles. The standard InChI is InChI=1S/C21H20N4O3/c1-12-16(10-15-8-6-5-7-9-15)19(24-14(3)23-12)25-20-17(11-22)18(13(2)28-20)21(26)27-4/h5-9H,10H2,1-4H3,(H,23,24,25). The van der Waals surface area contributed by atoms with Gasteiger partial charge in [0.15, 0.2) is 0 Å². The van der Waals surface area contributed by atoms with Crippen LogP contribution in [0.3, 0.4) is 0 Å². The van der Waals surface area contributed by atoms with Gasteiger partial charge in [-0.3, -0.25) is 0 Å². The van der Waals surface area contributed by atoms with E-state index in [0.29, 0.717) is 23.8 Å². The fourth-order valence-electron chi connectivity index (χ4n) is 3.05. The number of hydrogen-bond donors (Lipinski definition) is 1. The Balaban J connectivity index is 2.06. The lowest BCUT2D eigenvalue weighted by Gasteiger charge is -2.13. The maximum atomic E-state index is 12.0. The van der Waals surface area contributed by atoms with Gasteiger partial charge in [-0.15, -0.1) is 0 Å². The van der Waals surface area contributed by atoms with Gasteiger partial charge in [-0.1, -0.05) is 30.3 Å². The zero-order chi connectivity index (χ0) is 20.3. The summed E-state index contributed by atoms with van der Waals surface area (Å²) >= 11 is 0. The number of furan rings is 1. The van der Waals surface area contributed by atoms with E-state index in [-0.39, 0.29) is 17.0 Å². The molecule has 28 heavy (non-hydrogen) atoms. The van der Waals surface area contributed by atoms with Crippen molar-refractivity contribution in [2.45, 2.75) is 27.2 Å². The van der Waals surface area contributed by atoms with Crippen LogP contribution in [0.2, 0.25) is 0 Å². The average molecular weight is 376 g/mol. The molecule has 0 amide bonds. The minimum atomic E-state index is -0.620. The summed E-state index contributed by atoms with van der Waals surface area (Å²) in [5.74, 6) is 0.970. The van der Waals surface area contributed by atoms with Crippen molar-refractivity contribution in [2.24, 2.45) is 0 Å². The first-order valence-corrected chi connectivity index (χ1v) is 8.71. The predicted octanol–water partition coefficient (Wildman–Crippen LogP) is 3.99. The number of hydrogen-bond acceptors (Lipinski definition) is 7. The Morgan fingerprint density at radius 1 is 1.21 bits per heavy atom. The lowest BCUT2D eigenvalue weighted by atomic mass is 10.0. The number of aromatic nitrogens is 2. The van der Waals surface area contributed by atoms with Gasteiger partial charge >= 0.3 is 5.97 Å². The van der Waals surface area contributed by atoms with Crippen LogP contribution in [0.5, 0.6) is 0 Å². The number of esters is 1. The van der Waals surface area contributed by atoms with Gasteiger partial charge in [0, 0.05) is 17.7 Å². The quantitative estimate of drug-likeness (QED) is 0.672. The van der Waals surface area contributed by atoms with E-state index in [0.717, 1.165) is 16.8 Å². The molecular formula is C21H20N4O3. The van der Waals surface area contributed by atoms with Crippen molar-refractivity contribution in [3.05, 3.63) is 69.9 Å². The molecular weight excluding hydrogens is 356 g/mol. The van der Waals surface area contributed by atoms with Gasteiger partial charge in [0.2, 0.25) is 5.88 Å². The van der Waals surface area contributed by atoms with E-state index in [2.05, 4.69) is 15.3 Å². The zero-order valence-electron chi connectivity index (χ0n) is 16.2. The summed E-state index contributed by atoms with van der Waals surface area (Å²) in [6, 6.07) is 12.0. The second-order valence-corrected chi connectivity index (χ2v) is 6.31. The second-order valence-electron chi connectivity index (χ2n) is 6.31. The first-order chi connectivity index (χ1) is 13.4. The minimum absolute atomic E-state index is 0.0870. The summed E-state index contributed by atoms with van der Waals surface area (Å²) in [4.78, 5) is 21.0. The largest absolute Gasteiger partial charge is 0.465 e. The number of benzene rings is 1. The summed E-state index contributed by atoms with van der Waals surface area (Å²) in [6.07, 6.45) is 0.612. The molecule has 0 unspecified atom stereocenters. The third kappa shape index (κ3) is 3.71. The van der Waals surface area contributed by atoms with Crippen LogP contribution >= 0.6 is 0 Å². The number of carbonyl (C=O) groups is 1. The molecule has 3 aromatic rings. The molecule has 0 saturated carbocycles. The molecule has 2 heterocycles. The van der Waals surface area contributed by atoms with Crippen LogP contribution in [-0.4, -0.2) is 23.0 Å². The molecule has 0 radical (unpaired) electrons. The van der Waals surface area contributed by atoms with Crippen LogP contribution in [0, 0.1) is 32.1 Å². The molecule has 0 bridgehead atoms. The molecule has 0 aliphatic heterocycles. The fraction of sp³-hybridized carbons (Fsp3) is 0.238. The number of nitriles is 1. The van der Waals surface area contributed by atoms with E-state index in [1.165, 1.54) is 7.11 Å². The van der Waals surface area contributed by atoms with E-state index in [9.17, 15) is 10.1 Å². The number of nitrogens with zero attached hydrogens (tertiary/aromatic N) is 3. The molecule has 0 aliphatic carbocycles. The van der Waals surface area contributed by atoms with Crippen molar-refractivity contribution in [1.82, 2.24) is 9.97 Å². The van der Waals surface area contributed by atoms with Gasteiger partial charge < -0.3 is 14.5 Å². The van der Waals surface area contributed by atoms with E-state index in [1.54, 1.807) is 13.8 Å². The third-order valence-corrected chi connectivity index (χ3v) is 4.37. The van der Waals surface area contributed by atoms with Crippen LogP contribution in [-0.2, 0) is 11.2 Å². The van der Waals surface area contributed by atoms with Crippen molar-refractivity contribution in [1.29, 1.82) is 5.26 Å². The molecule has 0 atom stereocenters. The molecule has 7 nitrogen and oxygen atoms in total. The topological polar surface area (TPSA) is 101 Å². The highest BCUT2D eigenvalue weighted by Crippen LogP contribution is 2.31. The molecule has 142 valence electrons. The Labute approximate surface area is 163 Å². The molecule has 3 rings (SSSR count). The molecule has 7 heteroatoms. The number of aryl methyl sites for hydroxylation is 3. The molecule has 0 saturated heterocycles. The normalized spacial score (nSPS) is 10.4.